The lowest BCUT2D eigenvalue weighted by Gasteiger charge is -2.29. The maximum absolute atomic E-state index is 10.2. The summed E-state index contributed by atoms with van der Waals surface area (Å²) >= 11 is 0. The van der Waals surface area contributed by atoms with Crippen molar-refractivity contribution < 1.29 is 52.4 Å². The summed E-state index contributed by atoms with van der Waals surface area (Å²) in [5.74, 6) is 0. The van der Waals surface area contributed by atoms with Gasteiger partial charge in [0.25, 0.3) is 0 Å². The van der Waals surface area contributed by atoms with Crippen LogP contribution in [0, 0.1) is 0 Å². The Balaban J connectivity index is 1.54. The summed E-state index contributed by atoms with van der Waals surface area (Å²) in [7, 11) is 0. The summed E-state index contributed by atoms with van der Waals surface area (Å²) < 4.78 is 324. The van der Waals surface area contributed by atoms with Crippen LogP contribution in [0.15, 0.2) is 216 Å². The quantitative estimate of drug-likeness (QED) is 0.163. The zero-order chi connectivity index (χ0) is 66.3. The topological polar surface area (TPSA) is 16.4 Å². The van der Waals surface area contributed by atoms with E-state index >= 15 is 0 Å². The summed E-state index contributed by atoms with van der Waals surface area (Å²) in [6.07, 6.45) is 0. The van der Waals surface area contributed by atoms with Gasteiger partial charge in [0.1, 0.15) is 11.2 Å². The van der Waals surface area contributed by atoms with Crippen molar-refractivity contribution in [3.05, 3.63) is 211 Å². The summed E-state index contributed by atoms with van der Waals surface area (Å²) in [5.41, 5.74) is -13.9. The first-order valence-corrected chi connectivity index (χ1v) is 15.6. The molecule has 0 fully saturated rings. The minimum atomic E-state index is -1.41. The number of hydrogen-bond acceptors (Lipinski definition) is 2. The molecule has 0 aliphatic heterocycles. The summed E-state index contributed by atoms with van der Waals surface area (Å²) in [4.78, 5) is 0.293. The SMILES string of the molecule is [2H]c1c([2H])c([2H])c(-c2c([2H])c([2H])c(-c3c([2H])c([2H])c([2H])c([2H])c3N(c3c([2H])c([2H])c([2H])c(-c4c([2H])c([2H])c([2H])c([2H])c4[2H])c3[2H])c3c([2H])c([2H])c(-c4c([2H])c([2H])c([2H])c5c([2H])c([2H])c([2H])c([2H])c45)c4oc5c([2H])c([2H])c([2H])c([2H])c5c34)c([2H])c2[2H])c([2H])c1[2H]. The molecule has 0 saturated carbocycles. The Kier molecular flexibility index (Phi) is 2.97. The Morgan fingerprint density at radius 3 is 1.76 bits per heavy atom. The van der Waals surface area contributed by atoms with Gasteiger partial charge in [-0.3, -0.25) is 0 Å². The van der Waals surface area contributed by atoms with E-state index in [9.17, 15) is 20.6 Å². The third-order valence-corrected chi connectivity index (χ3v) is 7.99. The van der Waals surface area contributed by atoms with Crippen molar-refractivity contribution in [2.45, 2.75) is 0 Å². The largest absolute Gasteiger partial charge is 0.455 e. The number of benzene rings is 9. The number of anilines is 3. The second kappa shape index (κ2) is 13.4. The molecular weight excluding hydrogens is 655 g/mol. The Hall–Kier alpha value is -7.16. The fraction of sp³-hybridized carbons (Fsp3) is 0. The van der Waals surface area contributed by atoms with E-state index in [0.29, 0.717) is 4.90 Å². The summed E-state index contributed by atoms with van der Waals surface area (Å²) in [5, 5.41) is -3.30. The van der Waals surface area contributed by atoms with Crippen molar-refractivity contribution in [1.82, 2.24) is 0 Å². The lowest BCUT2D eigenvalue weighted by atomic mass is 9.94. The molecule has 1 heterocycles. The highest BCUT2D eigenvalue weighted by molar-refractivity contribution is 6.19. The number of para-hydroxylation sites is 2. The smallest absolute Gasteiger partial charge is 0.145 e. The van der Waals surface area contributed by atoms with Crippen LogP contribution in [0.2, 0.25) is 0 Å². The van der Waals surface area contributed by atoms with Crippen LogP contribution >= 0.6 is 0 Å². The minimum absolute atomic E-state index is 0.293. The molecule has 0 unspecified atom stereocenters. The highest BCUT2D eigenvalue weighted by Crippen LogP contribution is 2.49. The standard InChI is InChI=1S/C52H35NO/c1-3-15-36(16-4-1)38-29-31-40(32-30-38)44-24-9-11-27-48(44)53(42-22-13-21-41(35-42)37-17-5-2-6-18-37)49-34-33-46(45-26-14-20-39-19-7-8-23-43(39)45)52-51(49)47-25-10-12-28-50(47)54-52/h1-35H/i1D,2D,3D,4D,5D,6D,7D,8D,9D,10D,11D,12D,13D,14D,15D,16D,17D,18D,19D,20D,21D,22D,23D,24D,25D,26D,27D,28D,29D,30D,31D,32D,33D,34D,35D. The lowest BCUT2D eigenvalue weighted by molar-refractivity contribution is 0.670. The molecule has 2 heteroatoms. The van der Waals surface area contributed by atoms with Gasteiger partial charge >= 0.3 is 0 Å². The van der Waals surface area contributed by atoms with Gasteiger partial charge in [-0.25, -0.2) is 0 Å². The maximum atomic E-state index is 10.2. The van der Waals surface area contributed by atoms with Crippen LogP contribution in [-0.4, -0.2) is 0 Å². The van der Waals surface area contributed by atoms with E-state index in [2.05, 4.69) is 0 Å². The molecule has 0 atom stereocenters. The normalized spacial score (nSPS) is 20.4. The van der Waals surface area contributed by atoms with E-state index in [4.69, 9.17) is 31.8 Å². The van der Waals surface area contributed by atoms with Crippen LogP contribution in [0.25, 0.3) is 77.2 Å². The molecule has 9 aromatic carbocycles. The van der Waals surface area contributed by atoms with Crippen LogP contribution in [-0.2, 0) is 0 Å². The molecule has 54 heavy (non-hydrogen) atoms. The molecule has 0 aliphatic rings. The molecule has 0 bridgehead atoms. The highest BCUT2D eigenvalue weighted by atomic mass is 16.3. The van der Waals surface area contributed by atoms with Crippen molar-refractivity contribution in [3.63, 3.8) is 0 Å². The van der Waals surface area contributed by atoms with E-state index in [1.807, 2.05) is 0 Å². The van der Waals surface area contributed by atoms with Crippen molar-refractivity contribution in [2.24, 2.45) is 0 Å². The Bertz CT molecular complexity index is 4880. The monoisotopic (exact) mass is 724 g/mol. The lowest BCUT2D eigenvalue weighted by Crippen LogP contribution is -2.12. The van der Waals surface area contributed by atoms with Crippen LogP contribution in [0.1, 0.15) is 48.0 Å². The number of rotatable bonds is 7. The van der Waals surface area contributed by atoms with Gasteiger partial charge < -0.3 is 9.32 Å². The molecule has 0 N–H and O–H groups in total. The number of hydrogen-bond donors (Lipinski definition) is 0. The molecule has 0 radical (unpaired) electrons. The van der Waals surface area contributed by atoms with E-state index in [0.717, 1.165) is 0 Å². The second-order valence-electron chi connectivity index (χ2n) is 11.0. The van der Waals surface area contributed by atoms with Crippen LogP contribution < -0.4 is 4.90 Å². The summed E-state index contributed by atoms with van der Waals surface area (Å²) in [6.45, 7) is 0. The molecule has 2 nitrogen and oxygen atoms in total. The molecule has 0 spiro atoms. The van der Waals surface area contributed by atoms with Crippen LogP contribution in [0.5, 0.6) is 0 Å². The first-order valence-electron chi connectivity index (χ1n) is 33.1. The van der Waals surface area contributed by atoms with E-state index < -0.39 is 306 Å². The van der Waals surface area contributed by atoms with Gasteiger partial charge in [0.2, 0.25) is 0 Å². The molecule has 0 amide bonds. The highest BCUT2D eigenvalue weighted by Gasteiger charge is 2.24. The van der Waals surface area contributed by atoms with Gasteiger partial charge in [0.05, 0.1) is 64.7 Å². The van der Waals surface area contributed by atoms with Gasteiger partial charge in [0, 0.05) is 22.2 Å². The first kappa shape index (κ1) is 11.9. The molecule has 0 aliphatic carbocycles. The number of fused-ring (bicyclic) bond motifs is 4. The Labute approximate surface area is 364 Å². The third kappa shape index (κ3) is 5.53. The van der Waals surface area contributed by atoms with Crippen molar-refractivity contribution in [3.8, 4) is 44.5 Å². The maximum Gasteiger partial charge on any atom is 0.145 e. The molecule has 0 saturated heterocycles. The van der Waals surface area contributed by atoms with Crippen molar-refractivity contribution in [2.75, 3.05) is 4.90 Å². The molecule has 254 valence electrons. The average molecular weight is 725 g/mol. The zero-order valence-electron chi connectivity index (χ0n) is 61.9. The van der Waals surface area contributed by atoms with Crippen LogP contribution in [0.4, 0.5) is 17.1 Å². The third-order valence-electron chi connectivity index (χ3n) is 7.99. The number of nitrogens with zero attached hydrogens (tertiary/aromatic N) is 1. The predicted octanol–water partition coefficient (Wildman–Crippen LogP) is 14.9. The minimum Gasteiger partial charge on any atom is -0.455 e. The molecule has 10 aromatic rings. The van der Waals surface area contributed by atoms with E-state index in [1.165, 1.54) is 0 Å². The van der Waals surface area contributed by atoms with Crippen molar-refractivity contribution in [1.29, 1.82) is 0 Å². The van der Waals surface area contributed by atoms with Gasteiger partial charge in [-0.2, -0.15) is 0 Å². The average Bonchev–Trinajstić information content (AvgIpc) is 1.71. The van der Waals surface area contributed by atoms with E-state index in [1.54, 1.807) is 0 Å². The molecule has 1 aromatic heterocycles. The first-order chi connectivity index (χ1) is 41.4. The fourth-order valence-electron chi connectivity index (χ4n) is 5.68. The van der Waals surface area contributed by atoms with Gasteiger partial charge in [-0.1, -0.05) is 175 Å². The second-order valence-corrected chi connectivity index (χ2v) is 11.0. The summed E-state index contributed by atoms with van der Waals surface area (Å²) in [6, 6.07) is -39.9. The Morgan fingerprint density at radius 2 is 0.944 bits per heavy atom. The zero-order valence-corrected chi connectivity index (χ0v) is 26.9. The molecular formula is C52H35NO. The van der Waals surface area contributed by atoms with Crippen molar-refractivity contribution >= 4 is 49.8 Å². The van der Waals surface area contributed by atoms with Gasteiger partial charge in [-0.05, 0) is 80.4 Å². The Morgan fingerprint density at radius 1 is 0.370 bits per heavy atom. The van der Waals surface area contributed by atoms with Crippen LogP contribution in [0.3, 0.4) is 0 Å². The number of furan rings is 1. The predicted molar refractivity (Wildman–Crippen MR) is 228 cm³/mol. The molecule has 10 rings (SSSR count). The van der Waals surface area contributed by atoms with Gasteiger partial charge in [0.15, 0.2) is 0 Å². The van der Waals surface area contributed by atoms with E-state index in [-0.39, 0.29) is 0 Å². The van der Waals surface area contributed by atoms with Gasteiger partial charge in [-0.15, -0.1) is 0 Å². The fourth-order valence-corrected chi connectivity index (χ4v) is 5.68.